The Hall–Kier alpha value is -1.87. The Bertz CT molecular complexity index is 511. The number of pyridine rings is 1. The minimum Gasteiger partial charge on any atom is -0.390 e. The number of nitrogens with zero attached hydrogens (tertiary/aromatic N) is 2. The molecule has 2 rings (SSSR count). The Kier molecular flexibility index (Phi) is 4.53. The number of benzene rings is 1. The van der Waals surface area contributed by atoms with E-state index in [2.05, 4.69) is 35.9 Å². The van der Waals surface area contributed by atoms with Crippen LogP contribution in [-0.4, -0.2) is 16.1 Å². The number of aromatic nitrogens is 1. The molecule has 0 saturated heterocycles. The first kappa shape index (κ1) is 13.6. The van der Waals surface area contributed by atoms with Gasteiger partial charge in [0.25, 0.3) is 0 Å². The monoisotopic (exact) mass is 256 g/mol. The SMILES string of the molecule is CC(C)N(Cc1ccccc1)c1cccc(CO)n1. The van der Waals surface area contributed by atoms with E-state index in [1.165, 1.54) is 5.56 Å². The molecule has 1 N–H and O–H groups in total. The average Bonchev–Trinajstić information content (AvgIpc) is 2.45. The van der Waals surface area contributed by atoms with Crippen LogP contribution in [0.25, 0.3) is 0 Å². The van der Waals surface area contributed by atoms with Gasteiger partial charge in [-0.15, -0.1) is 0 Å². The molecule has 0 saturated carbocycles. The Morgan fingerprint density at radius 3 is 2.42 bits per heavy atom. The van der Waals surface area contributed by atoms with Gasteiger partial charge in [-0.3, -0.25) is 0 Å². The van der Waals surface area contributed by atoms with Crippen LogP contribution in [0.1, 0.15) is 25.1 Å². The molecule has 1 aromatic heterocycles. The second kappa shape index (κ2) is 6.34. The summed E-state index contributed by atoms with van der Waals surface area (Å²) in [4.78, 5) is 6.72. The second-order valence-corrected chi connectivity index (χ2v) is 4.85. The molecule has 3 nitrogen and oxygen atoms in total. The molecule has 1 heterocycles. The van der Waals surface area contributed by atoms with E-state index in [1.54, 1.807) is 0 Å². The third-order valence-corrected chi connectivity index (χ3v) is 3.07. The summed E-state index contributed by atoms with van der Waals surface area (Å²) in [6, 6.07) is 16.5. The Balaban J connectivity index is 2.24. The molecule has 0 atom stereocenters. The zero-order valence-electron chi connectivity index (χ0n) is 11.5. The van der Waals surface area contributed by atoms with Crippen molar-refractivity contribution >= 4 is 5.82 Å². The summed E-state index contributed by atoms with van der Waals surface area (Å²) in [6.07, 6.45) is 0. The van der Waals surface area contributed by atoms with Crippen LogP contribution in [0, 0.1) is 0 Å². The van der Waals surface area contributed by atoms with Crippen molar-refractivity contribution in [2.75, 3.05) is 4.90 Å². The number of aliphatic hydroxyl groups excluding tert-OH is 1. The number of aliphatic hydroxyl groups is 1. The molecule has 0 amide bonds. The maximum Gasteiger partial charge on any atom is 0.129 e. The van der Waals surface area contributed by atoms with Gasteiger partial charge in [0.05, 0.1) is 12.3 Å². The van der Waals surface area contributed by atoms with Gasteiger partial charge in [-0.25, -0.2) is 4.98 Å². The van der Waals surface area contributed by atoms with Crippen LogP contribution in [0.4, 0.5) is 5.82 Å². The van der Waals surface area contributed by atoms with Crippen LogP contribution >= 0.6 is 0 Å². The minimum atomic E-state index is -0.0227. The maximum atomic E-state index is 9.19. The van der Waals surface area contributed by atoms with Crippen molar-refractivity contribution in [1.29, 1.82) is 0 Å². The summed E-state index contributed by atoms with van der Waals surface area (Å²) in [7, 11) is 0. The lowest BCUT2D eigenvalue weighted by Crippen LogP contribution is -2.31. The number of hydrogen-bond acceptors (Lipinski definition) is 3. The predicted molar refractivity (Wildman–Crippen MR) is 77.9 cm³/mol. The summed E-state index contributed by atoms with van der Waals surface area (Å²) in [5, 5.41) is 9.19. The molecule has 0 fully saturated rings. The Morgan fingerprint density at radius 2 is 1.79 bits per heavy atom. The molecule has 2 aromatic rings. The molecule has 0 spiro atoms. The molecule has 0 aliphatic carbocycles. The first-order valence-corrected chi connectivity index (χ1v) is 6.58. The van der Waals surface area contributed by atoms with Crippen molar-refractivity contribution in [2.45, 2.75) is 33.0 Å². The van der Waals surface area contributed by atoms with Gasteiger partial charge < -0.3 is 10.0 Å². The van der Waals surface area contributed by atoms with Crippen molar-refractivity contribution in [1.82, 2.24) is 4.98 Å². The van der Waals surface area contributed by atoms with E-state index in [-0.39, 0.29) is 6.61 Å². The Morgan fingerprint density at radius 1 is 1.05 bits per heavy atom. The lowest BCUT2D eigenvalue weighted by Gasteiger charge is -2.28. The third kappa shape index (κ3) is 3.55. The molecule has 19 heavy (non-hydrogen) atoms. The lowest BCUT2D eigenvalue weighted by molar-refractivity contribution is 0.277. The highest BCUT2D eigenvalue weighted by molar-refractivity contribution is 5.41. The molecule has 0 radical (unpaired) electrons. The molecule has 0 aliphatic heterocycles. The van der Waals surface area contributed by atoms with E-state index >= 15 is 0 Å². The lowest BCUT2D eigenvalue weighted by atomic mass is 10.2. The summed E-state index contributed by atoms with van der Waals surface area (Å²) in [6.45, 7) is 5.10. The van der Waals surface area contributed by atoms with Crippen LogP contribution in [0.15, 0.2) is 48.5 Å². The Labute approximate surface area is 114 Å². The van der Waals surface area contributed by atoms with Gasteiger partial charge in [0.15, 0.2) is 0 Å². The fourth-order valence-electron chi connectivity index (χ4n) is 2.02. The zero-order valence-corrected chi connectivity index (χ0v) is 11.5. The fraction of sp³-hybridized carbons (Fsp3) is 0.312. The smallest absolute Gasteiger partial charge is 0.129 e. The number of rotatable bonds is 5. The minimum absolute atomic E-state index is 0.0227. The fourth-order valence-corrected chi connectivity index (χ4v) is 2.02. The topological polar surface area (TPSA) is 36.4 Å². The van der Waals surface area contributed by atoms with Gasteiger partial charge in [-0.2, -0.15) is 0 Å². The summed E-state index contributed by atoms with van der Waals surface area (Å²) >= 11 is 0. The first-order chi connectivity index (χ1) is 9.20. The van der Waals surface area contributed by atoms with Crippen LogP contribution in [0.3, 0.4) is 0 Å². The van der Waals surface area contributed by atoms with Crippen molar-refractivity contribution in [3.8, 4) is 0 Å². The molecular formula is C16H20N2O. The quantitative estimate of drug-likeness (QED) is 0.893. The summed E-state index contributed by atoms with van der Waals surface area (Å²) in [5.41, 5.74) is 1.96. The molecule has 0 unspecified atom stereocenters. The first-order valence-electron chi connectivity index (χ1n) is 6.58. The number of hydrogen-bond donors (Lipinski definition) is 1. The third-order valence-electron chi connectivity index (χ3n) is 3.07. The van der Waals surface area contributed by atoms with Crippen LogP contribution in [-0.2, 0) is 13.2 Å². The van der Waals surface area contributed by atoms with E-state index in [0.29, 0.717) is 11.7 Å². The van der Waals surface area contributed by atoms with Crippen molar-refractivity contribution in [2.24, 2.45) is 0 Å². The van der Waals surface area contributed by atoms with Crippen molar-refractivity contribution < 1.29 is 5.11 Å². The highest BCUT2D eigenvalue weighted by Gasteiger charge is 2.12. The zero-order chi connectivity index (χ0) is 13.7. The summed E-state index contributed by atoms with van der Waals surface area (Å²) in [5.74, 6) is 0.908. The maximum absolute atomic E-state index is 9.19. The van der Waals surface area contributed by atoms with Gasteiger partial charge in [0, 0.05) is 12.6 Å². The van der Waals surface area contributed by atoms with E-state index in [4.69, 9.17) is 0 Å². The predicted octanol–water partition coefficient (Wildman–Crippen LogP) is 2.99. The molecule has 1 aromatic carbocycles. The van der Waals surface area contributed by atoms with Crippen LogP contribution < -0.4 is 4.90 Å². The van der Waals surface area contributed by atoms with Gasteiger partial charge >= 0.3 is 0 Å². The normalized spacial score (nSPS) is 10.7. The molecule has 100 valence electrons. The van der Waals surface area contributed by atoms with Crippen molar-refractivity contribution in [3.05, 3.63) is 59.8 Å². The van der Waals surface area contributed by atoms with E-state index in [0.717, 1.165) is 12.4 Å². The highest BCUT2D eigenvalue weighted by atomic mass is 16.3. The van der Waals surface area contributed by atoms with Crippen molar-refractivity contribution in [3.63, 3.8) is 0 Å². The van der Waals surface area contributed by atoms with Gasteiger partial charge in [0.2, 0.25) is 0 Å². The van der Waals surface area contributed by atoms with E-state index in [1.807, 2.05) is 36.4 Å². The van der Waals surface area contributed by atoms with E-state index in [9.17, 15) is 5.11 Å². The summed E-state index contributed by atoms with van der Waals surface area (Å²) < 4.78 is 0. The van der Waals surface area contributed by atoms with Gasteiger partial charge in [0.1, 0.15) is 5.82 Å². The van der Waals surface area contributed by atoms with Crippen LogP contribution in [0.2, 0.25) is 0 Å². The molecule has 0 aliphatic rings. The highest BCUT2D eigenvalue weighted by Crippen LogP contribution is 2.18. The molecule has 3 heteroatoms. The molecule has 0 bridgehead atoms. The largest absolute Gasteiger partial charge is 0.390 e. The van der Waals surface area contributed by atoms with Crippen LogP contribution in [0.5, 0.6) is 0 Å². The molecular weight excluding hydrogens is 236 g/mol. The van der Waals surface area contributed by atoms with E-state index < -0.39 is 0 Å². The standard InChI is InChI=1S/C16H20N2O/c1-13(2)18(11-14-7-4-3-5-8-14)16-10-6-9-15(12-19)17-16/h3-10,13,19H,11-12H2,1-2H3. The second-order valence-electron chi connectivity index (χ2n) is 4.85. The number of anilines is 1. The van der Waals surface area contributed by atoms with Gasteiger partial charge in [-0.1, -0.05) is 36.4 Å². The van der Waals surface area contributed by atoms with Gasteiger partial charge in [-0.05, 0) is 31.5 Å². The average molecular weight is 256 g/mol.